The Labute approximate surface area is 158 Å². The Bertz CT molecular complexity index is 831. The van der Waals surface area contributed by atoms with E-state index < -0.39 is 5.60 Å². The van der Waals surface area contributed by atoms with Crippen LogP contribution in [0.2, 0.25) is 0 Å². The Morgan fingerprint density at radius 2 is 1.74 bits per heavy atom. The summed E-state index contributed by atoms with van der Waals surface area (Å²) in [5.41, 5.74) is 1.46. The fourth-order valence-corrected chi connectivity index (χ4v) is 3.27. The maximum atomic E-state index is 12.5. The molecular weight excluding hydrogens is 346 g/mol. The van der Waals surface area contributed by atoms with Crippen molar-refractivity contribution in [3.05, 3.63) is 24.2 Å². The number of pyridine rings is 1. The molecule has 8 nitrogen and oxygen atoms in total. The molecule has 0 atom stereocenters. The SMILES string of the molecule is Cn1cnc2cc(C(=O)NC3CCC(NC(=O)OC(C)(C)C)CC3)cnc21. The molecule has 146 valence electrons. The minimum atomic E-state index is -0.502. The highest BCUT2D eigenvalue weighted by Gasteiger charge is 2.26. The summed E-state index contributed by atoms with van der Waals surface area (Å²) in [5, 5.41) is 5.97. The summed E-state index contributed by atoms with van der Waals surface area (Å²) in [5.74, 6) is -0.140. The monoisotopic (exact) mass is 373 g/mol. The van der Waals surface area contributed by atoms with Crippen LogP contribution in [0.15, 0.2) is 18.6 Å². The Morgan fingerprint density at radius 3 is 2.37 bits per heavy atom. The lowest BCUT2D eigenvalue weighted by molar-refractivity contribution is 0.0488. The van der Waals surface area contributed by atoms with Crippen molar-refractivity contribution in [3.63, 3.8) is 0 Å². The first-order valence-corrected chi connectivity index (χ1v) is 9.29. The number of fused-ring (bicyclic) bond motifs is 1. The van der Waals surface area contributed by atoms with Crippen LogP contribution in [0, 0.1) is 0 Å². The molecule has 0 bridgehead atoms. The molecule has 1 saturated carbocycles. The van der Waals surface area contributed by atoms with Gasteiger partial charge in [-0.2, -0.15) is 0 Å². The number of aromatic nitrogens is 3. The van der Waals surface area contributed by atoms with E-state index in [0.29, 0.717) is 11.1 Å². The Hall–Kier alpha value is -2.64. The minimum Gasteiger partial charge on any atom is -0.444 e. The number of nitrogens with zero attached hydrogens (tertiary/aromatic N) is 3. The molecule has 1 fully saturated rings. The predicted molar refractivity (Wildman–Crippen MR) is 101 cm³/mol. The van der Waals surface area contributed by atoms with E-state index >= 15 is 0 Å². The minimum absolute atomic E-state index is 0.0829. The number of amides is 2. The van der Waals surface area contributed by atoms with Crippen molar-refractivity contribution in [1.82, 2.24) is 25.2 Å². The third-order valence-electron chi connectivity index (χ3n) is 4.60. The highest BCUT2D eigenvalue weighted by Crippen LogP contribution is 2.20. The van der Waals surface area contributed by atoms with Crippen molar-refractivity contribution in [2.24, 2.45) is 7.05 Å². The molecule has 27 heavy (non-hydrogen) atoms. The molecule has 0 aliphatic heterocycles. The quantitative estimate of drug-likeness (QED) is 0.861. The molecular formula is C19H27N5O3. The summed E-state index contributed by atoms with van der Waals surface area (Å²) >= 11 is 0. The Balaban J connectivity index is 1.49. The Kier molecular flexibility index (Phi) is 5.34. The highest BCUT2D eigenvalue weighted by molar-refractivity contribution is 5.96. The molecule has 0 aromatic carbocycles. The first-order chi connectivity index (χ1) is 12.7. The van der Waals surface area contributed by atoms with Crippen LogP contribution in [0.4, 0.5) is 4.79 Å². The van der Waals surface area contributed by atoms with Gasteiger partial charge in [-0.25, -0.2) is 14.8 Å². The average Bonchev–Trinajstić information content (AvgIpc) is 2.95. The lowest BCUT2D eigenvalue weighted by Crippen LogP contribution is -2.45. The number of hydrogen-bond acceptors (Lipinski definition) is 5. The van der Waals surface area contributed by atoms with Crippen LogP contribution in [0.5, 0.6) is 0 Å². The van der Waals surface area contributed by atoms with Crippen LogP contribution in [-0.2, 0) is 11.8 Å². The fourth-order valence-electron chi connectivity index (χ4n) is 3.27. The van der Waals surface area contributed by atoms with Crippen LogP contribution in [0.3, 0.4) is 0 Å². The van der Waals surface area contributed by atoms with Gasteiger partial charge in [0.1, 0.15) is 11.1 Å². The summed E-state index contributed by atoms with van der Waals surface area (Å²) in [4.78, 5) is 32.9. The molecule has 1 aliphatic rings. The highest BCUT2D eigenvalue weighted by atomic mass is 16.6. The van der Waals surface area contributed by atoms with E-state index in [2.05, 4.69) is 20.6 Å². The second-order valence-corrected chi connectivity index (χ2v) is 8.09. The summed E-state index contributed by atoms with van der Waals surface area (Å²) in [6.07, 6.45) is 6.11. The molecule has 0 unspecified atom stereocenters. The summed E-state index contributed by atoms with van der Waals surface area (Å²) in [6.45, 7) is 5.53. The molecule has 2 N–H and O–H groups in total. The van der Waals surface area contributed by atoms with Crippen LogP contribution in [0.1, 0.15) is 56.8 Å². The van der Waals surface area contributed by atoms with E-state index in [0.717, 1.165) is 31.3 Å². The molecule has 2 heterocycles. The van der Waals surface area contributed by atoms with Gasteiger partial charge < -0.3 is 19.9 Å². The fraction of sp³-hybridized carbons (Fsp3) is 0.579. The third-order valence-corrected chi connectivity index (χ3v) is 4.60. The first-order valence-electron chi connectivity index (χ1n) is 9.29. The predicted octanol–water partition coefficient (Wildman–Crippen LogP) is 2.53. The van der Waals surface area contributed by atoms with Gasteiger partial charge in [0, 0.05) is 25.3 Å². The van der Waals surface area contributed by atoms with E-state index in [1.54, 1.807) is 18.6 Å². The normalized spacial score (nSPS) is 20.3. The van der Waals surface area contributed by atoms with E-state index in [1.165, 1.54) is 0 Å². The molecule has 1 aliphatic carbocycles. The van der Waals surface area contributed by atoms with Gasteiger partial charge in [-0.3, -0.25) is 4.79 Å². The average molecular weight is 373 g/mol. The second kappa shape index (κ2) is 7.54. The molecule has 2 aromatic rings. The number of imidazole rings is 1. The summed E-state index contributed by atoms with van der Waals surface area (Å²) in [6, 6.07) is 1.93. The zero-order chi connectivity index (χ0) is 19.6. The maximum absolute atomic E-state index is 12.5. The molecule has 3 rings (SSSR count). The molecule has 8 heteroatoms. The van der Waals surface area contributed by atoms with Gasteiger partial charge >= 0.3 is 6.09 Å². The summed E-state index contributed by atoms with van der Waals surface area (Å²) in [7, 11) is 1.87. The number of carbonyl (C=O) groups is 2. The van der Waals surface area contributed by atoms with Crippen molar-refractivity contribution in [2.75, 3.05) is 0 Å². The van der Waals surface area contributed by atoms with Crippen molar-refractivity contribution >= 4 is 23.2 Å². The van der Waals surface area contributed by atoms with Crippen LogP contribution in [-0.4, -0.2) is 44.2 Å². The summed E-state index contributed by atoms with van der Waals surface area (Å²) < 4.78 is 7.11. The molecule has 2 aromatic heterocycles. The largest absolute Gasteiger partial charge is 0.444 e. The van der Waals surface area contributed by atoms with Crippen LogP contribution >= 0.6 is 0 Å². The number of aryl methyl sites for hydroxylation is 1. The van der Waals surface area contributed by atoms with Crippen LogP contribution in [0.25, 0.3) is 11.2 Å². The number of nitrogens with one attached hydrogen (secondary N) is 2. The number of hydrogen-bond donors (Lipinski definition) is 2. The van der Waals surface area contributed by atoms with Gasteiger partial charge in [0.05, 0.1) is 11.9 Å². The van der Waals surface area contributed by atoms with Gasteiger partial charge in [0.15, 0.2) is 5.65 Å². The maximum Gasteiger partial charge on any atom is 0.407 e. The lowest BCUT2D eigenvalue weighted by atomic mass is 9.91. The number of alkyl carbamates (subject to hydrolysis) is 1. The van der Waals surface area contributed by atoms with E-state index in [9.17, 15) is 9.59 Å². The topological polar surface area (TPSA) is 98.1 Å². The van der Waals surface area contributed by atoms with E-state index in [1.807, 2.05) is 32.4 Å². The lowest BCUT2D eigenvalue weighted by Gasteiger charge is -2.30. The zero-order valence-electron chi connectivity index (χ0n) is 16.3. The van der Waals surface area contributed by atoms with Crippen molar-refractivity contribution in [1.29, 1.82) is 0 Å². The third kappa shape index (κ3) is 4.96. The van der Waals surface area contributed by atoms with Gasteiger partial charge in [0.25, 0.3) is 5.91 Å². The van der Waals surface area contributed by atoms with E-state index in [-0.39, 0.29) is 24.1 Å². The van der Waals surface area contributed by atoms with Gasteiger partial charge in [-0.15, -0.1) is 0 Å². The molecule has 0 spiro atoms. The first kappa shape index (κ1) is 19.1. The standard InChI is InChI=1S/C19H27N5O3/c1-19(2,3)27-18(26)23-14-7-5-13(6-8-14)22-17(25)12-9-15-16(20-10-12)24(4)11-21-15/h9-11,13-14H,5-8H2,1-4H3,(H,22,25)(H,23,26). The van der Waals surface area contributed by atoms with Gasteiger partial charge in [0.2, 0.25) is 0 Å². The molecule has 0 radical (unpaired) electrons. The smallest absolute Gasteiger partial charge is 0.407 e. The van der Waals surface area contributed by atoms with Crippen LogP contribution < -0.4 is 10.6 Å². The number of ether oxygens (including phenoxy) is 1. The Morgan fingerprint density at radius 1 is 1.11 bits per heavy atom. The second-order valence-electron chi connectivity index (χ2n) is 8.09. The molecule has 0 saturated heterocycles. The number of carbonyl (C=O) groups excluding carboxylic acids is 2. The number of rotatable bonds is 3. The van der Waals surface area contributed by atoms with Crippen molar-refractivity contribution in [2.45, 2.75) is 64.1 Å². The van der Waals surface area contributed by atoms with Crippen molar-refractivity contribution in [3.8, 4) is 0 Å². The zero-order valence-corrected chi connectivity index (χ0v) is 16.3. The van der Waals surface area contributed by atoms with Gasteiger partial charge in [-0.1, -0.05) is 0 Å². The van der Waals surface area contributed by atoms with Gasteiger partial charge in [-0.05, 0) is 52.5 Å². The molecule has 2 amide bonds. The van der Waals surface area contributed by atoms with Crippen molar-refractivity contribution < 1.29 is 14.3 Å². The van der Waals surface area contributed by atoms with E-state index in [4.69, 9.17) is 4.74 Å².